The number of carbonyl (C=O) groups is 3. The minimum atomic E-state index is -0.885. The number of primary amides is 1. The number of esters is 1. The summed E-state index contributed by atoms with van der Waals surface area (Å²) in [6.45, 7) is 2.67. The van der Waals surface area contributed by atoms with Crippen LogP contribution in [0.1, 0.15) is 26.2 Å². The van der Waals surface area contributed by atoms with Gasteiger partial charge in [0.2, 0.25) is 5.91 Å². The van der Waals surface area contributed by atoms with Gasteiger partial charge in [0.05, 0.1) is 13.2 Å². The SMILES string of the molecule is CCOC(=O)C1CCCCN1CC(=O)NC(N)=O. The average molecular weight is 257 g/mol. The number of amides is 3. The van der Waals surface area contributed by atoms with E-state index in [1.54, 1.807) is 11.8 Å². The number of carbonyl (C=O) groups excluding carboxylic acids is 3. The first-order chi connectivity index (χ1) is 8.54. The predicted molar refractivity (Wildman–Crippen MR) is 63.6 cm³/mol. The van der Waals surface area contributed by atoms with Crippen molar-refractivity contribution in [1.29, 1.82) is 0 Å². The molecule has 1 saturated heterocycles. The van der Waals surface area contributed by atoms with E-state index in [1.807, 2.05) is 5.32 Å². The highest BCUT2D eigenvalue weighted by atomic mass is 16.5. The lowest BCUT2D eigenvalue weighted by atomic mass is 10.0. The smallest absolute Gasteiger partial charge is 0.323 e. The molecule has 1 heterocycles. The molecule has 1 fully saturated rings. The summed E-state index contributed by atoms with van der Waals surface area (Å²) in [6.07, 6.45) is 2.51. The molecule has 7 heteroatoms. The molecular weight excluding hydrogens is 238 g/mol. The van der Waals surface area contributed by atoms with Crippen molar-refractivity contribution >= 4 is 17.9 Å². The number of nitrogens with two attached hydrogens (primary N) is 1. The topological polar surface area (TPSA) is 102 Å². The molecule has 7 nitrogen and oxygen atoms in total. The standard InChI is InChI=1S/C11H19N3O4/c1-2-18-10(16)8-5-3-4-6-14(8)7-9(15)13-11(12)17/h8H,2-7H2,1H3,(H3,12,13,15,17). The van der Waals surface area contributed by atoms with Gasteiger partial charge < -0.3 is 10.5 Å². The summed E-state index contributed by atoms with van der Waals surface area (Å²) in [7, 11) is 0. The maximum Gasteiger partial charge on any atom is 0.323 e. The van der Waals surface area contributed by atoms with Crippen LogP contribution in [0.3, 0.4) is 0 Å². The summed E-state index contributed by atoms with van der Waals surface area (Å²) < 4.78 is 4.97. The van der Waals surface area contributed by atoms with Crippen LogP contribution in [0.25, 0.3) is 0 Å². The molecule has 0 bridgehead atoms. The minimum Gasteiger partial charge on any atom is -0.465 e. The van der Waals surface area contributed by atoms with Gasteiger partial charge in [-0.25, -0.2) is 4.79 Å². The number of piperidine rings is 1. The van der Waals surface area contributed by atoms with Crippen molar-refractivity contribution in [3.63, 3.8) is 0 Å². The summed E-state index contributed by atoms with van der Waals surface area (Å²) in [4.78, 5) is 35.4. The Morgan fingerprint density at radius 3 is 2.72 bits per heavy atom. The Morgan fingerprint density at radius 2 is 2.11 bits per heavy atom. The molecule has 0 aromatic heterocycles. The van der Waals surface area contributed by atoms with Gasteiger partial charge >= 0.3 is 12.0 Å². The fourth-order valence-electron chi connectivity index (χ4n) is 2.05. The molecule has 0 spiro atoms. The maximum absolute atomic E-state index is 11.7. The van der Waals surface area contributed by atoms with E-state index >= 15 is 0 Å². The summed E-state index contributed by atoms with van der Waals surface area (Å²) in [5.41, 5.74) is 4.86. The molecule has 0 saturated carbocycles. The third-order valence-corrected chi connectivity index (χ3v) is 2.78. The van der Waals surface area contributed by atoms with Crippen LogP contribution in [0, 0.1) is 0 Å². The van der Waals surface area contributed by atoms with Crippen molar-refractivity contribution in [3.8, 4) is 0 Å². The number of ether oxygens (including phenoxy) is 1. The number of nitrogens with one attached hydrogen (secondary N) is 1. The second kappa shape index (κ2) is 6.95. The van der Waals surface area contributed by atoms with Crippen LogP contribution >= 0.6 is 0 Å². The third-order valence-electron chi connectivity index (χ3n) is 2.78. The van der Waals surface area contributed by atoms with Crippen molar-refractivity contribution < 1.29 is 19.1 Å². The first-order valence-electron chi connectivity index (χ1n) is 6.04. The molecular formula is C11H19N3O4. The van der Waals surface area contributed by atoms with E-state index in [-0.39, 0.29) is 12.5 Å². The summed E-state index contributed by atoms with van der Waals surface area (Å²) in [5.74, 6) is -0.817. The molecule has 1 rings (SSSR count). The molecule has 3 N–H and O–H groups in total. The largest absolute Gasteiger partial charge is 0.465 e. The second-order valence-corrected chi connectivity index (χ2v) is 4.15. The van der Waals surface area contributed by atoms with Crippen LogP contribution in [0.4, 0.5) is 4.79 Å². The number of urea groups is 1. The Hall–Kier alpha value is -1.63. The van der Waals surface area contributed by atoms with E-state index in [1.165, 1.54) is 0 Å². The maximum atomic E-state index is 11.7. The van der Waals surface area contributed by atoms with Gasteiger partial charge in [-0.15, -0.1) is 0 Å². The third kappa shape index (κ3) is 4.33. The monoisotopic (exact) mass is 257 g/mol. The average Bonchev–Trinajstić information content (AvgIpc) is 2.28. The zero-order chi connectivity index (χ0) is 13.5. The molecule has 0 radical (unpaired) electrons. The highest BCUT2D eigenvalue weighted by molar-refractivity contribution is 5.94. The van der Waals surface area contributed by atoms with Crippen molar-refractivity contribution in [3.05, 3.63) is 0 Å². The molecule has 0 aliphatic carbocycles. The highest BCUT2D eigenvalue weighted by Crippen LogP contribution is 2.17. The lowest BCUT2D eigenvalue weighted by Gasteiger charge is -2.33. The lowest BCUT2D eigenvalue weighted by molar-refractivity contribution is -0.151. The molecule has 102 valence electrons. The quantitative estimate of drug-likeness (QED) is 0.667. The fourth-order valence-corrected chi connectivity index (χ4v) is 2.05. The van der Waals surface area contributed by atoms with E-state index in [2.05, 4.69) is 0 Å². The Labute approximate surface area is 106 Å². The Balaban J connectivity index is 2.56. The molecule has 3 amide bonds. The van der Waals surface area contributed by atoms with E-state index < -0.39 is 18.0 Å². The van der Waals surface area contributed by atoms with Crippen molar-refractivity contribution in [2.24, 2.45) is 5.73 Å². The number of hydrogen-bond acceptors (Lipinski definition) is 5. The van der Waals surface area contributed by atoms with E-state index in [0.29, 0.717) is 19.6 Å². The first-order valence-corrected chi connectivity index (χ1v) is 6.04. The molecule has 0 aromatic rings. The highest BCUT2D eigenvalue weighted by Gasteiger charge is 2.31. The Morgan fingerprint density at radius 1 is 1.39 bits per heavy atom. The van der Waals surface area contributed by atoms with Crippen LogP contribution in [-0.4, -0.2) is 48.5 Å². The number of hydrogen-bond donors (Lipinski definition) is 2. The number of imide groups is 1. The van der Waals surface area contributed by atoms with Crippen LogP contribution in [0.15, 0.2) is 0 Å². The number of nitrogens with zero attached hydrogens (tertiary/aromatic N) is 1. The first kappa shape index (κ1) is 14.4. The van der Waals surface area contributed by atoms with Crippen molar-refractivity contribution in [1.82, 2.24) is 10.2 Å². The normalized spacial score (nSPS) is 20.2. The van der Waals surface area contributed by atoms with E-state index in [4.69, 9.17) is 10.5 Å². The van der Waals surface area contributed by atoms with Gasteiger partial charge in [0.1, 0.15) is 6.04 Å². The van der Waals surface area contributed by atoms with Gasteiger partial charge in [-0.05, 0) is 26.3 Å². The summed E-state index contributed by atoms with van der Waals surface area (Å²) >= 11 is 0. The fraction of sp³-hybridized carbons (Fsp3) is 0.727. The minimum absolute atomic E-state index is 0.0214. The van der Waals surface area contributed by atoms with Crippen LogP contribution in [0.2, 0.25) is 0 Å². The van der Waals surface area contributed by atoms with Gasteiger partial charge in [0.15, 0.2) is 0 Å². The number of likely N-dealkylation sites (tertiary alicyclic amines) is 1. The van der Waals surface area contributed by atoms with Gasteiger partial charge in [-0.1, -0.05) is 6.42 Å². The molecule has 0 aromatic carbocycles. The molecule has 1 atom stereocenters. The predicted octanol–water partition coefficient (Wildman–Crippen LogP) is -0.401. The van der Waals surface area contributed by atoms with Gasteiger partial charge in [0, 0.05) is 0 Å². The van der Waals surface area contributed by atoms with Gasteiger partial charge in [0.25, 0.3) is 0 Å². The van der Waals surface area contributed by atoms with Crippen molar-refractivity contribution in [2.45, 2.75) is 32.2 Å². The van der Waals surface area contributed by atoms with Gasteiger partial charge in [-0.2, -0.15) is 0 Å². The van der Waals surface area contributed by atoms with Crippen LogP contribution < -0.4 is 11.1 Å². The zero-order valence-corrected chi connectivity index (χ0v) is 10.5. The van der Waals surface area contributed by atoms with E-state index in [9.17, 15) is 14.4 Å². The Bertz CT molecular complexity index is 332. The summed E-state index contributed by atoms with van der Waals surface area (Å²) in [6, 6.07) is -1.29. The molecule has 1 aliphatic heterocycles. The number of rotatable bonds is 4. The van der Waals surface area contributed by atoms with Crippen molar-refractivity contribution in [2.75, 3.05) is 19.7 Å². The summed E-state index contributed by atoms with van der Waals surface area (Å²) in [5, 5.41) is 1.99. The molecule has 18 heavy (non-hydrogen) atoms. The zero-order valence-electron chi connectivity index (χ0n) is 10.5. The Kier molecular flexibility index (Phi) is 5.57. The molecule has 1 aliphatic rings. The molecule has 1 unspecified atom stereocenters. The van der Waals surface area contributed by atoms with Gasteiger partial charge in [-0.3, -0.25) is 19.8 Å². The second-order valence-electron chi connectivity index (χ2n) is 4.15. The van der Waals surface area contributed by atoms with E-state index in [0.717, 1.165) is 12.8 Å². The lowest BCUT2D eigenvalue weighted by Crippen LogP contribution is -2.50. The van der Waals surface area contributed by atoms with Crippen LogP contribution in [0.5, 0.6) is 0 Å². The van der Waals surface area contributed by atoms with Crippen LogP contribution in [-0.2, 0) is 14.3 Å².